The molecule has 3 saturated heterocycles. The van der Waals surface area contributed by atoms with Crippen LogP contribution in [0.3, 0.4) is 0 Å². The van der Waals surface area contributed by atoms with E-state index in [4.69, 9.17) is 50.2 Å². The fourth-order valence-electron chi connectivity index (χ4n) is 11.6. The number of para-hydroxylation sites is 3. The Hall–Kier alpha value is -11.2. The number of anilines is 6. The Morgan fingerprint density at radius 3 is 1.09 bits per heavy atom. The third-order valence-corrected chi connectivity index (χ3v) is 22.0. The first-order valence-corrected chi connectivity index (χ1v) is 39.8. The van der Waals surface area contributed by atoms with E-state index in [2.05, 4.69) is 47.8 Å². The molecule has 0 spiro atoms. The van der Waals surface area contributed by atoms with Crippen LogP contribution >= 0.6 is 62.8 Å². The molecule has 25 nitrogen and oxygen atoms in total. The zero-order chi connectivity index (χ0) is 79.6. The molecule has 3 fully saturated rings. The van der Waals surface area contributed by atoms with Crippen molar-refractivity contribution in [3.63, 3.8) is 0 Å². The zero-order valence-corrected chi connectivity index (χ0v) is 66.5. The maximum Gasteiger partial charge on any atom is 0.335 e. The number of aromatic carboxylic acids is 2. The Morgan fingerprint density at radius 2 is 0.735 bits per heavy atom. The highest BCUT2D eigenvalue weighted by atomic mass is 79.9. The molecule has 592 valence electrons. The number of halogens is 2. The number of urea groups is 3. The topological polar surface area (TPSA) is 314 Å². The van der Waals surface area contributed by atoms with Gasteiger partial charge in [-0.1, -0.05) is 97.4 Å². The van der Waals surface area contributed by atoms with Gasteiger partial charge >= 0.3 is 30.0 Å². The fraction of sp³-hybridized carbons (Fsp3) is 0.253. The number of nitrogens with zero attached hydrogens (tertiary/aromatic N) is 3. The van der Waals surface area contributed by atoms with Crippen LogP contribution < -0.4 is 60.3 Å². The first-order valence-electron chi connectivity index (χ1n) is 35.1. The van der Waals surface area contributed by atoms with Gasteiger partial charge in [-0.3, -0.25) is 14.4 Å². The van der Waals surface area contributed by atoms with Gasteiger partial charge in [0.2, 0.25) is 17.7 Å². The van der Waals surface area contributed by atoms with Crippen LogP contribution in [0.1, 0.15) is 56.0 Å². The highest BCUT2D eigenvalue weighted by Crippen LogP contribution is 2.34. The molecule has 0 saturated carbocycles. The Balaban J connectivity index is 0.000000194. The minimum Gasteiger partial charge on any atom is -0.495 e. The molecular weight excluding hydrogens is 1590 g/mol. The predicted octanol–water partition coefficient (Wildman–Crippen LogP) is 16.7. The number of hydrogen-bond acceptors (Lipinski definition) is 17. The minimum atomic E-state index is -0.999. The van der Waals surface area contributed by atoms with E-state index in [1.54, 1.807) is 155 Å². The molecule has 0 radical (unpaired) electrons. The normalized spacial score (nSPS) is 14.5. The maximum atomic E-state index is 13.1. The third kappa shape index (κ3) is 25.1. The summed E-state index contributed by atoms with van der Waals surface area (Å²) < 4.78 is 34.7. The molecule has 30 heteroatoms. The quantitative estimate of drug-likeness (QED) is 0.0250. The van der Waals surface area contributed by atoms with Gasteiger partial charge in [-0.2, -0.15) is 0 Å². The van der Waals surface area contributed by atoms with Crippen molar-refractivity contribution in [3.8, 4) is 34.5 Å². The van der Waals surface area contributed by atoms with Gasteiger partial charge in [0, 0.05) is 27.4 Å². The number of hydrogen-bond donors (Lipinski definition) is 8. The summed E-state index contributed by atoms with van der Waals surface area (Å²) in [6.07, 6.45) is 0.574. The van der Waals surface area contributed by atoms with Crippen LogP contribution in [0.2, 0.25) is 5.02 Å². The van der Waals surface area contributed by atoms with E-state index in [9.17, 15) is 38.4 Å². The second-order valence-corrected chi connectivity index (χ2v) is 29.9. The lowest BCUT2D eigenvalue weighted by molar-refractivity contribution is -0.132. The summed E-state index contributed by atoms with van der Waals surface area (Å²) in [5.41, 5.74) is 8.13. The Kier molecular flexibility index (Phi) is 32.2. The van der Waals surface area contributed by atoms with Gasteiger partial charge in [-0.15, -0.1) is 35.3 Å². The molecule has 113 heavy (non-hydrogen) atoms. The number of carbonyl (C=O) groups is 8. The average molecular weight is 1680 g/mol. The summed E-state index contributed by atoms with van der Waals surface area (Å²) >= 11 is 14.5. The van der Waals surface area contributed by atoms with Gasteiger partial charge < -0.3 is 85.2 Å². The lowest BCUT2D eigenvalue weighted by Gasteiger charge is -2.24. The van der Waals surface area contributed by atoms with Crippen LogP contribution in [-0.2, 0) is 33.6 Å². The summed E-state index contributed by atoms with van der Waals surface area (Å²) in [4.78, 5) is 104. The van der Waals surface area contributed by atoms with Crippen LogP contribution in [0.15, 0.2) is 205 Å². The Labute approximate surface area is 681 Å². The summed E-state index contributed by atoms with van der Waals surface area (Å²) in [6.45, 7) is 5.04. The molecule has 3 heterocycles. The number of thioether (sulfide) groups is 3. The molecule has 8 N–H and O–H groups in total. The van der Waals surface area contributed by atoms with Gasteiger partial charge in [0.05, 0.1) is 121 Å². The van der Waals surface area contributed by atoms with E-state index in [-0.39, 0.29) is 79.7 Å². The van der Waals surface area contributed by atoms with Crippen molar-refractivity contribution in [2.24, 2.45) is 0 Å². The van der Waals surface area contributed by atoms with Gasteiger partial charge in [0.1, 0.15) is 54.3 Å². The number of amides is 9. The third-order valence-electron chi connectivity index (χ3n) is 17.7. The number of ether oxygens (including phenoxy) is 6. The van der Waals surface area contributed by atoms with Crippen molar-refractivity contribution in [1.29, 1.82) is 0 Å². The summed E-state index contributed by atoms with van der Waals surface area (Å²) in [7, 11) is 4.54. The number of carbonyl (C=O) groups excluding carboxylic acids is 6. The van der Waals surface area contributed by atoms with E-state index in [0.29, 0.717) is 99.7 Å². The smallest absolute Gasteiger partial charge is 0.335 e. The molecule has 3 aliphatic rings. The van der Waals surface area contributed by atoms with E-state index < -0.39 is 24.0 Å². The van der Waals surface area contributed by atoms with Gasteiger partial charge in [-0.05, 0) is 179 Å². The van der Waals surface area contributed by atoms with Crippen LogP contribution in [0.5, 0.6) is 34.5 Å². The van der Waals surface area contributed by atoms with Crippen LogP contribution in [-0.4, -0.2) is 167 Å². The number of nitrogens with one attached hydrogen (secondary N) is 6. The monoisotopic (exact) mass is 1680 g/mol. The second kappa shape index (κ2) is 42.4. The highest BCUT2D eigenvalue weighted by molar-refractivity contribution is 9.10. The lowest BCUT2D eigenvalue weighted by Crippen LogP contribution is -2.41. The molecule has 9 aromatic carbocycles. The number of rotatable bonds is 26. The number of methoxy groups -OCH3 is 3. The van der Waals surface area contributed by atoms with E-state index in [1.165, 1.54) is 44.0 Å². The first-order chi connectivity index (χ1) is 54.1. The lowest BCUT2D eigenvalue weighted by atomic mass is 10.1. The number of carboxylic acids is 2. The van der Waals surface area contributed by atoms with Gasteiger partial charge in [0.25, 0.3) is 0 Å². The summed E-state index contributed by atoms with van der Waals surface area (Å²) in [5, 5.41) is 35.1. The van der Waals surface area contributed by atoms with E-state index in [1.807, 2.05) is 91.5 Å². The molecule has 0 aromatic heterocycles. The molecule has 9 amide bonds. The minimum absolute atomic E-state index is 0. The Bertz CT molecular complexity index is 4600. The Morgan fingerprint density at radius 1 is 0.416 bits per heavy atom. The molecule has 12 rings (SSSR count). The molecule has 0 bridgehead atoms. The maximum absolute atomic E-state index is 13.1. The SMILES string of the molecule is C.COc1cc(CC(=O)N2CSC[C@H]2COc2ccc(C(=O)O)cc2)ccc1NC(=O)Nc1ccccc1Br.COc1cc(CC(=O)N2CSC[C@H]2COc2ccc(C(=O)O)cc2)ccc1NC(=O)Nc1ccccc1Cl.COc1cc(CC(=O)N2CSC[C@H]2COc2ccc(C)cc2)ccc1NC(=O)Nc1ccccc1C. The van der Waals surface area contributed by atoms with Crippen LogP contribution in [0.4, 0.5) is 48.5 Å². The molecule has 3 atom stereocenters. The van der Waals surface area contributed by atoms with Gasteiger partial charge in [-0.25, -0.2) is 24.0 Å². The summed E-state index contributed by atoms with van der Waals surface area (Å²) in [6, 6.07) is 56.4. The molecule has 0 aliphatic carbocycles. The van der Waals surface area contributed by atoms with Crippen LogP contribution in [0, 0.1) is 13.8 Å². The van der Waals surface area contributed by atoms with Gasteiger partial charge in [0.15, 0.2) is 0 Å². The van der Waals surface area contributed by atoms with Crippen molar-refractivity contribution in [1.82, 2.24) is 14.7 Å². The average Bonchev–Trinajstić information content (AvgIpc) is 1.68. The van der Waals surface area contributed by atoms with Crippen molar-refractivity contribution in [2.75, 3.05) is 108 Å². The molecular formula is C83H87BrClN9O16S3. The largest absolute Gasteiger partial charge is 0.495 e. The van der Waals surface area contributed by atoms with Crippen molar-refractivity contribution >= 4 is 145 Å². The second-order valence-electron chi connectivity index (χ2n) is 25.6. The standard InChI is InChI=1S/C28H31N3O4S.C27H26BrN3O6S.C27H26ClN3O6S.CH4/c1-19-8-11-23(12-9-19)35-16-22-17-36-18-31(22)27(32)15-21-10-13-25(26(14-21)34-3)30-28(33)29-24-7-5-4-6-20(24)2;2*1-36-24-12-17(6-11-23(24)30-27(35)29-22-5-3-2-4-21(22)28)13-25(32)31-16-38-15-19(31)14-37-20-9-7-18(8-10-20)26(33)34;/h4-14,22H,15-18H2,1-3H3,(H2,29,30,33);2*2-12,19H,13-16H2,1H3,(H,33,34)(H2,29,30,35);1H4/t22-;2*19-;/m111./s1. The summed E-state index contributed by atoms with van der Waals surface area (Å²) in [5.74, 6) is 5.33. The van der Waals surface area contributed by atoms with E-state index >= 15 is 0 Å². The van der Waals surface area contributed by atoms with E-state index in [0.717, 1.165) is 55.4 Å². The van der Waals surface area contributed by atoms with Crippen LogP contribution in [0.25, 0.3) is 0 Å². The number of aryl methyl sites for hydroxylation is 2. The van der Waals surface area contributed by atoms with Crippen molar-refractivity contribution < 1.29 is 77.0 Å². The zero-order valence-electron chi connectivity index (χ0n) is 61.7. The number of benzene rings is 9. The molecule has 3 aliphatic heterocycles. The molecule has 9 aromatic rings. The molecule has 0 unspecified atom stereocenters. The van der Waals surface area contributed by atoms with Crippen molar-refractivity contribution in [2.45, 2.75) is 58.7 Å². The first kappa shape index (κ1) is 85.8. The highest BCUT2D eigenvalue weighted by Gasteiger charge is 2.33. The number of carboxylic acid groups (broad SMARTS) is 2. The van der Waals surface area contributed by atoms with Crippen molar-refractivity contribution in [3.05, 3.63) is 249 Å². The fourth-order valence-corrected chi connectivity index (χ4v) is 15.8. The predicted molar refractivity (Wildman–Crippen MR) is 450 cm³/mol.